The van der Waals surface area contributed by atoms with E-state index < -0.39 is 5.97 Å². The average Bonchev–Trinajstić information content (AvgIpc) is 3.25. The molecule has 0 fully saturated rings. The Morgan fingerprint density at radius 1 is 0.941 bits per heavy atom. The Hall–Kier alpha value is -3.24. The van der Waals surface area contributed by atoms with E-state index in [9.17, 15) is 14.4 Å². The first-order chi connectivity index (χ1) is 16.2. The number of esters is 1. The van der Waals surface area contributed by atoms with Gasteiger partial charge in [0.05, 0.1) is 17.9 Å². The van der Waals surface area contributed by atoms with Crippen molar-refractivity contribution < 1.29 is 19.1 Å². The molecule has 0 unspecified atom stereocenters. The van der Waals surface area contributed by atoms with Crippen molar-refractivity contribution in [3.63, 3.8) is 0 Å². The monoisotopic (exact) mass is 498 g/mol. The smallest absolute Gasteiger partial charge is 0.338 e. The molecule has 0 saturated carbocycles. The van der Waals surface area contributed by atoms with Crippen molar-refractivity contribution >= 4 is 51.7 Å². The number of benzene rings is 2. The third kappa shape index (κ3) is 7.13. The lowest BCUT2D eigenvalue weighted by Crippen LogP contribution is -2.14. The predicted octanol–water partition coefficient (Wildman–Crippen LogP) is 5.00. The number of rotatable bonds is 8. The van der Waals surface area contributed by atoms with Crippen molar-refractivity contribution in [3.05, 3.63) is 65.2 Å². The summed E-state index contributed by atoms with van der Waals surface area (Å²) >= 11 is 2.42. The first-order valence-electron chi connectivity index (χ1n) is 10.6. The molecule has 0 radical (unpaired) electrons. The molecule has 0 aliphatic heterocycles. The minimum Gasteiger partial charge on any atom is -0.462 e. The quantitative estimate of drug-likeness (QED) is 0.256. The van der Waals surface area contributed by atoms with E-state index in [-0.39, 0.29) is 23.0 Å². The minimum absolute atomic E-state index is 0.0126. The third-order valence-electron chi connectivity index (χ3n) is 4.65. The van der Waals surface area contributed by atoms with E-state index in [1.807, 2.05) is 12.1 Å². The summed E-state index contributed by atoms with van der Waals surface area (Å²) in [5.41, 5.74) is 2.68. The predicted molar refractivity (Wildman–Crippen MR) is 135 cm³/mol. The first kappa shape index (κ1) is 25.4. The van der Waals surface area contributed by atoms with Gasteiger partial charge in [-0.05, 0) is 54.3 Å². The molecule has 178 valence electrons. The molecule has 1 heterocycles. The fraction of sp³-hybridized carbons (Fsp3) is 0.292. The van der Waals surface area contributed by atoms with Crippen molar-refractivity contribution in [2.45, 2.75) is 37.4 Å². The summed E-state index contributed by atoms with van der Waals surface area (Å²) in [7, 11) is 0. The van der Waals surface area contributed by atoms with Crippen LogP contribution in [0.15, 0.2) is 52.9 Å². The highest BCUT2D eigenvalue weighted by atomic mass is 32.2. The fourth-order valence-electron chi connectivity index (χ4n) is 2.84. The maximum absolute atomic E-state index is 12.5. The minimum atomic E-state index is -0.406. The summed E-state index contributed by atoms with van der Waals surface area (Å²) < 4.78 is 5.50. The number of carbonyl (C=O) groups is 3. The van der Waals surface area contributed by atoms with Crippen molar-refractivity contribution in [2.24, 2.45) is 0 Å². The van der Waals surface area contributed by atoms with E-state index in [0.29, 0.717) is 32.9 Å². The molecule has 1 aromatic heterocycles. The van der Waals surface area contributed by atoms with Gasteiger partial charge in [-0.25, -0.2) is 4.79 Å². The van der Waals surface area contributed by atoms with Crippen molar-refractivity contribution in [1.29, 1.82) is 0 Å². The highest BCUT2D eigenvalue weighted by molar-refractivity contribution is 8.01. The van der Waals surface area contributed by atoms with Gasteiger partial charge < -0.3 is 10.1 Å². The van der Waals surface area contributed by atoms with E-state index in [1.165, 1.54) is 23.1 Å². The van der Waals surface area contributed by atoms with Gasteiger partial charge in [-0.15, -0.1) is 10.2 Å². The van der Waals surface area contributed by atoms with Gasteiger partial charge in [-0.1, -0.05) is 56.0 Å². The molecule has 0 spiro atoms. The second-order valence-electron chi connectivity index (χ2n) is 8.29. The number of thioether (sulfide) groups is 1. The van der Waals surface area contributed by atoms with Crippen LogP contribution in [-0.4, -0.2) is 40.3 Å². The van der Waals surface area contributed by atoms with Gasteiger partial charge in [-0.2, -0.15) is 0 Å². The number of aromatic nitrogens is 2. The Morgan fingerprint density at radius 2 is 1.59 bits per heavy atom. The Bertz CT molecular complexity index is 1150. The molecule has 3 aromatic rings. The molecule has 0 bridgehead atoms. The van der Waals surface area contributed by atoms with Crippen LogP contribution in [0.2, 0.25) is 0 Å². The lowest BCUT2D eigenvalue weighted by Gasteiger charge is -2.18. The first-order valence-corrected chi connectivity index (χ1v) is 12.4. The lowest BCUT2D eigenvalue weighted by molar-refractivity contribution is -0.113. The van der Waals surface area contributed by atoms with Gasteiger partial charge >= 0.3 is 5.97 Å². The van der Waals surface area contributed by atoms with Crippen LogP contribution in [0, 0.1) is 0 Å². The SMILES string of the molecule is CCOC(=O)c1ccc(NC(=O)CSc2nnc(NC(=O)c3ccc(C(C)(C)C)cc3)s2)cc1. The van der Waals surface area contributed by atoms with Gasteiger partial charge in [0.1, 0.15) is 0 Å². The topological polar surface area (TPSA) is 110 Å². The van der Waals surface area contributed by atoms with E-state index in [2.05, 4.69) is 41.6 Å². The van der Waals surface area contributed by atoms with Crippen molar-refractivity contribution in [3.8, 4) is 0 Å². The highest BCUT2D eigenvalue weighted by Crippen LogP contribution is 2.26. The molecule has 2 amide bonds. The van der Waals surface area contributed by atoms with Crippen LogP contribution in [0.4, 0.5) is 10.8 Å². The zero-order chi connectivity index (χ0) is 24.7. The Balaban J connectivity index is 1.48. The summed E-state index contributed by atoms with van der Waals surface area (Å²) in [5, 5.41) is 13.9. The van der Waals surface area contributed by atoms with Crippen LogP contribution in [0.25, 0.3) is 0 Å². The number of nitrogens with zero attached hydrogens (tertiary/aromatic N) is 2. The molecule has 2 aromatic carbocycles. The summed E-state index contributed by atoms with van der Waals surface area (Å²) in [5.74, 6) is -0.779. The largest absolute Gasteiger partial charge is 0.462 e. The molecule has 0 saturated heterocycles. The number of hydrogen-bond acceptors (Lipinski definition) is 8. The molecule has 0 aliphatic rings. The second-order valence-corrected chi connectivity index (χ2v) is 10.5. The maximum atomic E-state index is 12.5. The molecule has 34 heavy (non-hydrogen) atoms. The van der Waals surface area contributed by atoms with Gasteiger partial charge in [0.25, 0.3) is 5.91 Å². The summed E-state index contributed by atoms with van der Waals surface area (Å²) in [6, 6.07) is 13.9. The number of anilines is 2. The average molecular weight is 499 g/mol. The molecular formula is C24H26N4O4S2. The molecule has 0 atom stereocenters. The normalized spacial score (nSPS) is 11.1. The molecule has 3 rings (SSSR count). The van der Waals surface area contributed by atoms with Gasteiger partial charge in [0.15, 0.2) is 4.34 Å². The number of nitrogens with one attached hydrogen (secondary N) is 2. The zero-order valence-corrected chi connectivity index (χ0v) is 21.0. The fourth-order valence-corrected chi connectivity index (χ4v) is 4.38. The van der Waals surface area contributed by atoms with E-state index in [4.69, 9.17) is 4.74 Å². The van der Waals surface area contributed by atoms with Crippen LogP contribution in [0.3, 0.4) is 0 Å². The van der Waals surface area contributed by atoms with Crippen molar-refractivity contribution in [1.82, 2.24) is 10.2 Å². The maximum Gasteiger partial charge on any atom is 0.338 e. The van der Waals surface area contributed by atoms with Crippen LogP contribution in [-0.2, 0) is 14.9 Å². The molecule has 2 N–H and O–H groups in total. The van der Waals surface area contributed by atoms with Crippen LogP contribution in [0.1, 0.15) is 54.0 Å². The molecule has 0 aliphatic carbocycles. The third-order valence-corrected chi connectivity index (χ3v) is 6.62. The summed E-state index contributed by atoms with van der Waals surface area (Å²) in [6.45, 7) is 8.39. The number of ether oxygens (including phenoxy) is 1. The lowest BCUT2D eigenvalue weighted by atomic mass is 9.87. The summed E-state index contributed by atoms with van der Waals surface area (Å²) in [4.78, 5) is 36.4. The van der Waals surface area contributed by atoms with E-state index in [0.717, 1.165) is 5.56 Å². The Morgan fingerprint density at radius 3 is 2.21 bits per heavy atom. The van der Waals surface area contributed by atoms with E-state index in [1.54, 1.807) is 43.3 Å². The molecule has 10 heteroatoms. The van der Waals surface area contributed by atoms with Crippen LogP contribution in [0.5, 0.6) is 0 Å². The standard InChI is InChI=1S/C24H26N4O4S2/c1-5-32-21(31)16-8-12-18(13-9-16)25-19(29)14-33-23-28-27-22(34-23)26-20(30)15-6-10-17(11-7-15)24(2,3)4/h6-13H,5,14H2,1-4H3,(H,25,29)(H,26,27,30). The number of carbonyl (C=O) groups excluding carboxylic acids is 3. The van der Waals surface area contributed by atoms with E-state index >= 15 is 0 Å². The van der Waals surface area contributed by atoms with Gasteiger partial charge in [0.2, 0.25) is 11.0 Å². The Kier molecular flexibility index (Phi) is 8.41. The van der Waals surface area contributed by atoms with Crippen molar-refractivity contribution in [2.75, 3.05) is 23.0 Å². The zero-order valence-electron chi connectivity index (χ0n) is 19.4. The number of amides is 2. The highest BCUT2D eigenvalue weighted by Gasteiger charge is 2.16. The summed E-state index contributed by atoms with van der Waals surface area (Å²) in [6.07, 6.45) is 0. The number of hydrogen-bond donors (Lipinski definition) is 2. The van der Waals surface area contributed by atoms with Crippen LogP contribution >= 0.6 is 23.1 Å². The van der Waals surface area contributed by atoms with Gasteiger partial charge in [0, 0.05) is 11.3 Å². The Labute approximate surface area is 206 Å². The molecular weight excluding hydrogens is 472 g/mol. The molecule has 8 nitrogen and oxygen atoms in total. The van der Waals surface area contributed by atoms with Crippen LogP contribution < -0.4 is 10.6 Å². The van der Waals surface area contributed by atoms with Gasteiger partial charge in [-0.3, -0.25) is 14.9 Å². The second kappa shape index (κ2) is 11.3.